The highest BCUT2D eigenvalue weighted by atomic mass is 16.5. The normalized spacial score (nSPS) is 12.4. The van der Waals surface area contributed by atoms with Gasteiger partial charge in [0, 0.05) is 19.6 Å². The van der Waals surface area contributed by atoms with Gasteiger partial charge in [0.15, 0.2) is 0 Å². The molecule has 5 nitrogen and oxygen atoms in total. The summed E-state index contributed by atoms with van der Waals surface area (Å²) in [5, 5.41) is 9.56. The zero-order chi connectivity index (χ0) is 36.6. The van der Waals surface area contributed by atoms with Crippen LogP contribution in [0.15, 0.2) is 0 Å². The van der Waals surface area contributed by atoms with Crippen molar-refractivity contribution in [2.24, 2.45) is 0 Å². The Hall–Kier alpha value is -0.650. The molecule has 0 amide bonds. The van der Waals surface area contributed by atoms with E-state index in [0.717, 1.165) is 45.5 Å². The van der Waals surface area contributed by atoms with E-state index >= 15 is 0 Å². The summed E-state index contributed by atoms with van der Waals surface area (Å²) in [6, 6.07) is 0. The molecule has 1 N–H and O–H groups in total. The molecule has 1 atom stereocenters. The largest absolute Gasteiger partial charge is 0.463 e. The molecule has 5 heteroatoms. The number of aliphatic hydroxyl groups excluding tert-OH is 1. The first kappa shape index (κ1) is 49.4. The molecule has 0 saturated carbocycles. The summed E-state index contributed by atoms with van der Waals surface area (Å²) < 4.78 is 12.1. The minimum absolute atomic E-state index is 0.0165. The molecule has 0 bridgehead atoms. The molecule has 0 aliphatic rings. The fourth-order valence-electron chi connectivity index (χ4n) is 7.18. The topological polar surface area (TPSA) is 59.0 Å². The second kappa shape index (κ2) is 41.1. The number of aliphatic hydroxyl groups is 1. The van der Waals surface area contributed by atoms with Crippen molar-refractivity contribution in [1.82, 2.24) is 4.90 Å². The molecule has 0 fully saturated rings. The lowest BCUT2D eigenvalue weighted by atomic mass is 10.0. The molecular weight excluding hydrogens is 618 g/mol. The number of esters is 1. The van der Waals surface area contributed by atoms with Crippen LogP contribution in [-0.4, -0.2) is 61.0 Å². The second-order valence-electron chi connectivity index (χ2n) is 15.7. The summed E-state index contributed by atoms with van der Waals surface area (Å²) in [6.07, 6.45) is 42.0. The number of carbonyl (C=O) groups is 1. The number of carbonyl (C=O) groups excluding carboxylic acids is 1. The zero-order valence-corrected chi connectivity index (χ0v) is 34.6. The standard InChI is InChI=1S/C45H91NO4/c1-5-8-11-14-20-27-34-43(4)50-45(48)37-30-23-19-25-32-39-46(40-41-47)38-31-24-17-18-26-33-42-49-44(35-28-21-15-12-9-6-2)36-29-22-16-13-10-7-3/h43-44,47H,5-42H2,1-4H3. The fraction of sp³-hybridized carbons (Fsp3) is 0.978. The maximum absolute atomic E-state index is 12.2. The Balaban J connectivity index is 3.88. The molecule has 1 unspecified atom stereocenters. The fourth-order valence-corrected chi connectivity index (χ4v) is 7.18. The molecule has 0 rings (SSSR count). The van der Waals surface area contributed by atoms with Crippen molar-refractivity contribution >= 4 is 5.97 Å². The minimum Gasteiger partial charge on any atom is -0.463 e. The van der Waals surface area contributed by atoms with E-state index in [0.29, 0.717) is 12.5 Å². The van der Waals surface area contributed by atoms with Gasteiger partial charge >= 0.3 is 5.97 Å². The van der Waals surface area contributed by atoms with Crippen LogP contribution in [0.4, 0.5) is 0 Å². The summed E-state index contributed by atoms with van der Waals surface area (Å²) in [4.78, 5) is 14.6. The Morgan fingerprint density at radius 3 is 1.38 bits per heavy atom. The van der Waals surface area contributed by atoms with Gasteiger partial charge in [0.1, 0.15) is 0 Å². The van der Waals surface area contributed by atoms with Gasteiger partial charge in [-0.25, -0.2) is 0 Å². The van der Waals surface area contributed by atoms with E-state index < -0.39 is 0 Å². The number of hydrogen-bond acceptors (Lipinski definition) is 5. The van der Waals surface area contributed by atoms with Crippen molar-refractivity contribution in [3.63, 3.8) is 0 Å². The smallest absolute Gasteiger partial charge is 0.306 e. The number of hydrogen-bond donors (Lipinski definition) is 1. The molecule has 50 heavy (non-hydrogen) atoms. The Morgan fingerprint density at radius 2 is 0.900 bits per heavy atom. The van der Waals surface area contributed by atoms with Crippen LogP contribution in [0, 0.1) is 0 Å². The number of nitrogens with zero attached hydrogens (tertiary/aromatic N) is 1. The lowest BCUT2D eigenvalue weighted by Gasteiger charge is -2.21. The number of ether oxygens (including phenoxy) is 2. The molecule has 0 aromatic carbocycles. The van der Waals surface area contributed by atoms with Crippen molar-refractivity contribution in [1.29, 1.82) is 0 Å². The van der Waals surface area contributed by atoms with Gasteiger partial charge in [-0.15, -0.1) is 0 Å². The third-order valence-corrected chi connectivity index (χ3v) is 10.5. The van der Waals surface area contributed by atoms with E-state index in [9.17, 15) is 9.90 Å². The van der Waals surface area contributed by atoms with Crippen LogP contribution >= 0.6 is 0 Å². The van der Waals surface area contributed by atoms with Crippen molar-refractivity contribution in [3.05, 3.63) is 0 Å². The Bertz CT molecular complexity index is 643. The van der Waals surface area contributed by atoms with Crippen LogP contribution in [0.2, 0.25) is 0 Å². The second-order valence-corrected chi connectivity index (χ2v) is 15.7. The molecule has 0 aliphatic carbocycles. The summed E-state index contributed by atoms with van der Waals surface area (Å²) in [7, 11) is 0. The zero-order valence-electron chi connectivity index (χ0n) is 34.6. The SMILES string of the molecule is CCCCCCCCC(C)OC(=O)CCCCCCCN(CCO)CCCCCCCCOC(CCCCCCCC)CCCCCCCC. The maximum atomic E-state index is 12.2. The quantitative estimate of drug-likeness (QED) is 0.0505. The molecule has 0 radical (unpaired) electrons. The molecule has 300 valence electrons. The molecule has 0 aliphatic heterocycles. The Labute approximate surface area is 314 Å². The first-order chi connectivity index (χ1) is 24.6. The summed E-state index contributed by atoms with van der Waals surface area (Å²) in [5.41, 5.74) is 0. The van der Waals surface area contributed by atoms with E-state index in [1.165, 1.54) is 186 Å². The van der Waals surface area contributed by atoms with Gasteiger partial charge in [-0.05, 0) is 71.4 Å². The van der Waals surface area contributed by atoms with Gasteiger partial charge < -0.3 is 19.5 Å². The molecule has 0 aromatic rings. The van der Waals surface area contributed by atoms with Crippen LogP contribution in [0.3, 0.4) is 0 Å². The first-order valence-electron chi connectivity index (χ1n) is 22.7. The van der Waals surface area contributed by atoms with Crippen LogP contribution in [0.25, 0.3) is 0 Å². The van der Waals surface area contributed by atoms with Gasteiger partial charge in [0.05, 0.1) is 18.8 Å². The van der Waals surface area contributed by atoms with Crippen molar-refractivity contribution in [3.8, 4) is 0 Å². The van der Waals surface area contributed by atoms with Crippen LogP contribution in [-0.2, 0) is 14.3 Å². The Morgan fingerprint density at radius 1 is 0.500 bits per heavy atom. The van der Waals surface area contributed by atoms with Gasteiger partial charge in [0.2, 0.25) is 0 Å². The van der Waals surface area contributed by atoms with Gasteiger partial charge in [0.25, 0.3) is 0 Å². The number of unbranched alkanes of at least 4 members (excludes halogenated alkanes) is 24. The lowest BCUT2D eigenvalue weighted by molar-refractivity contribution is -0.148. The Kier molecular flexibility index (Phi) is 40.6. The van der Waals surface area contributed by atoms with Gasteiger partial charge in [-0.2, -0.15) is 0 Å². The molecule has 0 saturated heterocycles. The summed E-state index contributed by atoms with van der Waals surface area (Å²) in [6.45, 7) is 13.1. The van der Waals surface area contributed by atoms with Crippen LogP contribution in [0.1, 0.15) is 240 Å². The lowest BCUT2D eigenvalue weighted by Crippen LogP contribution is -2.29. The average Bonchev–Trinajstić information content (AvgIpc) is 3.10. The number of rotatable bonds is 42. The van der Waals surface area contributed by atoms with E-state index in [4.69, 9.17) is 9.47 Å². The third-order valence-electron chi connectivity index (χ3n) is 10.5. The predicted molar refractivity (Wildman–Crippen MR) is 218 cm³/mol. The van der Waals surface area contributed by atoms with Crippen LogP contribution in [0.5, 0.6) is 0 Å². The molecule has 0 spiro atoms. The average molecular weight is 710 g/mol. The maximum Gasteiger partial charge on any atom is 0.306 e. The molecule has 0 aromatic heterocycles. The third kappa shape index (κ3) is 37.1. The first-order valence-corrected chi connectivity index (χ1v) is 22.7. The highest BCUT2D eigenvalue weighted by Gasteiger charge is 2.11. The van der Waals surface area contributed by atoms with Gasteiger partial charge in [-0.1, -0.05) is 175 Å². The van der Waals surface area contributed by atoms with E-state index in [2.05, 4.69) is 25.7 Å². The molecular formula is C45H91NO4. The van der Waals surface area contributed by atoms with Crippen LogP contribution < -0.4 is 0 Å². The van der Waals surface area contributed by atoms with E-state index in [1.54, 1.807) is 0 Å². The van der Waals surface area contributed by atoms with E-state index in [1.807, 2.05) is 6.92 Å². The highest BCUT2D eigenvalue weighted by molar-refractivity contribution is 5.69. The van der Waals surface area contributed by atoms with Crippen molar-refractivity contribution in [2.45, 2.75) is 252 Å². The molecule has 0 heterocycles. The van der Waals surface area contributed by atoms with Crippen molar-refractivity contribution in [2.75, 3.05) is 32.8 Å². The summed E-state index contributed by atoms with van der Waals surface area (Å²) >= 11 is 0. The minimum atomic E-state index is -0.0165. The van der Waals surface area contributed by atoms with Crippen molar-refractivity contribution < 1.29 is 19.4 Å². The highest BCUT2D eigenvalue weighted by Crippen LogP contribution is 2.18. The predicted octanol–water partition coefficient (Wildman–Crippen LogP) is 13.5. The van der Waals surface area contributed by atoms with Gasteiger partial charge in [-0.3, -0.25) is 4.79 Å². The monoisotopic (exact) mass is 710 g/mol. The van der Waals surface area contributed by atoms with E-state index in [-0.39, 0.29) is 18.7 Å². The summed E-state index contributed by atoms with van der Waals surface area (Å²) in [5.74, 6) is -0.0165.